The van der Waals surface area contributed by atoms with Crippen LogP contribution in [0, 0.1) is 0 Å². The van der Waals surface area contributed by atoms with Crippen molar-refractivity contribution in [2.24, 2.45) is 0 Å². The summed E-state index contributed by atoms with van der Waals surface area (Å²) in [5, 5.41) is 5.97. The zero-order chi connectivity index (χ0) is 18.4. The van der Waals surface area contributed by atoms with Gasteiger partial charge in [-0.2, -0.15) is 4.98 Å². The summed E-state index contributed by atoms with van der Waals surface area (Å²) in [5.74, 6) is -0.369. The predicted octanol–water partition coefficient (Wildman–Crippen LogP) is 0.916. The molecule has 0 spiro atoms. The first-order valence-electron chi connectivity index (χ1n) is 7.84. The van der Waals surface area contributed by atoms with Crippen molar-refractivity contribution < 1.29 is 14.1 Å². The molecule has 0 atom stereocenters. The minimum Gasteiger partial charge on any atom is -0.384 e. The van der Waals surface area contributed by atoms with E-state index in [4.69, 9.17) is 10.3 Å². The number of nitrogens with one attached hydrogen (secondary N) is 1. The van der Waals surface area contributed by atoms with Crippen LogP contribution in [0.4, 0.5) is 5.82 Å². The van der Waals surface area contributed by atoms with Crippen molar-refractivity contribution in [3.05, 3.63) is 57.6 Å². The summed E-state index contributed by atoms with van der Waals surface area (Å²) >= 11 is 0. The lowest BCUT2D eigenvalue weighted by atomic mass is 10.1. The van der Waals surface area contributed by atoms with Gasteiger partial charge in [-0.25, -0.2) is 0 Å². The number of hydrogen-bond donors (Lipinski definition) is 2. The maximum atomic E-state index is 12.4. The Bertz CT molecular complexity index is 1110. The van der Waals surface area contributed by atoms with Gasteiger partial charge >= 0.3 is 0 Å². The molecule has 3 N–H and O–H groups in total. The standard InChI is InChI=1S/C17H13N5O4/c1-2-11-19-17(26-21-11)8-3-5-9(6-4-8)22-12(23)7-10-13(14(22)18)16(25)20-15(10)24/h3-7H,2,18H2,1H3,(H,20,24,25). The molecule has 9 nitrogen and oxygen atoms in total. The van der Waals surface area contributed by atoms with E-state index in [1.807, 2.05) is 6.92 Å². The van der Waals surface area contributed by atoms with Crippen LogP contribution in [0.3, 0.4) is 0 Å². The Morgan fingerprint density at radius 3 is 2.54 bits per heavy atom. The molecule has 3 aromatic rings. The van der Waals surface area contributed by atoms with Gasteiger partial charge in [0, 0.05) is 18.1 Å². The van der Waals surface area contributed by atoms with Crippen LogP contribution in [0.5, 0.6) is 0 Å². The summed E-state index contributed by atoms with van der Waals surface area (Å²) in [7, 11) is 0. The third-order valence-corrected chi connectivity index (χ3v) is 4.11. The van der Waals surface area contributed by atoms with Crippen molar-refractivity contribution in [1.29, 1.82) is 0 Å². The van der Waals surface area contributed by atoms with Crippen LogP contribution in [-0.2, 0) is 6.42 Å². The average Bonchev–Trinajstić information content (AvgIpc) is 3.20. The monoisotopic (exact) mass is 351 g/mol. The number of anilines is 1. The molecule has 4 rings (SSSR count). The smallest absolute Gasteiger partial charge is 0.262 e. The molecule has 1 aliphatic rings. The summed E-state index contributed by atoms with van der Waals surface area (Å²) in [6, 6.07) is 7.79. The number of hydrogen-bond acceptors (Lipinski definition) is 7. The quantitative estimate of drug-likeness (QED) is 0.670. The molecule has 2 amide bonds. The van der Waals surface area contributed by atoms with Gasteiger partial charge in [0.1, 0.15) is 5.82 Å². The molecular weight excluding hydrogens is 338 g/mol. The van der Waals surface area contributed by atoms with E-state index >= 15 is 0 Å². The predicted molar refractivity (Wildman–Crippen MR) is 90.9 cm³/mol. The normalized spacial score (nSPS) is 13.0. The molecule has 1 aliphatic heterocycles. The van der Waals surface area contributed by atoms with Crippen molar-refractivity contribution in [3.8, 4) is 17.1 Å². The average molecular weight is 351 g/mol. The molecule has 9 heteroatoms. The van der Waals surface area contributed by atoms with Crippen molar-refractivity contribution in [2.45, 2.75) is 13.3 Å². The second-order valence-electron chi connectivity index (χ2n) is 5.69. The van der Waals surface area contributed by atoms with Crippen LogP contribution in [-0.4, -0.2) is 26.5 Å². The van der Waals surface area contributed by atoms with Crippen LogP contribution >= 0.6 is 0 Å². The minimum atomic E-state index is -0.626. The third-order valence-electron chi connectivity index (χ3n) is 4.11. The molecule has 2 aromatic heterocycles. The van der Waals surface area contributed by atoms with E-state index in [-0.39, 0.29) is 16.9 Å². The lowest BCUT2D eigenvalue weighted by molar-refractivity contribution is 0.0880. The number of carbonyl (C=O) groups excluding carboxylic acids is 2. The zero-order valence-electron chi connectivity index (χ0n) is 13.6. The van der Waals surface area contributed by atoms with Crippen molar-refractivity contribution in [1.82, 2.24) is 20.0 Å². The molecule has 0 saturated heterocycles. The Morgan fingerprint density at radius 1 is 1.15 bits per heavy atom. The summed E-state index contributed by atoms with van der Waals surface area (Å²) in [5.41, 5.74) is 6.61. The van der Waals surface area contributed by atoms with Gasteiger partial charge in [0.2, 0.25) is 0 Å². The number of carbonyl (C=O) groups is 2. The van der Waals surface area contributed by atoms with Gasteiger partial charge in [-0.1, -0.05) is 12.1 Å². The molecule has 0 saturated carbocycles. The van der Waals surface area contributed by atoms with E-state index in [2.05, 4.69) is 15.5 Å². The number of nitrogens with zero attached hydrogens (tertiary/aromatic N) is 3. The first-order chi connectivity index (χ1) is 12.5. The topological polar surface area (TPSA) is 133 Å². The van der Waals surface area contributed by atoms with Gasteiger partial charge in [0.05, 0.1) is 16.8 Å². The van der Waals surface area contributed by atoms with Crippen LogP contribution < -0.4 is 16.6 Å². The number of imide groups is 1. The molecule has 3 heterocycles. The number of amides is 2. The van der Waals surface area contributed by atoms with Crippen LogP contribution in [0.15, 0.2) is 39.6 Å². The number of pyridine rings is 1. The summed E-state index contributed by atoms with van der Waals surface area (Å²) < 4.78 is 6.35. The highest BCUT2D eigenvalue weighted by atomic mass is 16.5. The number of aromatic nitrogens is 3. The molecule has 130 valence electrons. The fourth-order valence-electron chi connectivity index (χ4n) is 2.81. The van der Waals surface area contributed by atoms with E-state index < -0.39 is 17.4 Å². The first-order valence-corrected chi connectivity index (χ1v) is 7.84. The molecule has 1 aromatic carbocycles. The van der Waals surface area contributed by atoms with E-state index in [0.717, 1.165) is 6.07 Å². The highest BCUT2D eigenvalue weighted by molar-refractivity contribution is 6.23. The Kier molecular flexibility index (Phi) is 3.43. The van der Waals surface area contributed by atoms with E-state index in [9.17, 15) is 14.4 Å². The van der Waals surface area contributed by atoms with E-state index in [1.165, 1.54) is 4.57 Å². The van der Waals surface area contributed by atoms with Crippen LogP contribution in [0.2, 0.25) is 0 Å². The highest BCUT2D eigenvalue weighted by Crippen LogP contribution is 2.24. The van der Waals surface area contributed by atoms with Crippen molar-refractivity contribution in [2.75, 3.05) is 5.73 Å². The largest absolute Gasteiger partial charge is 0.384 e. The highest BCUT2D eigenvalue weighted by Gasteiger charge is 2.31. The maximum Gasteiger partial charge on any atom is 0.262 e. The Balaban J connectivity index is 1.79. The summed E-state index contributed by atoms with van der Waals surface area (Å²) in [6.07, 6.45) is 0.656. The Hall–Kier alpha value is -3.75. The fourth-order valence-corrected chi connectivity index (χ4v) is 2.81. The van der Waals surface area contributed by atoms with Gasteiger partial charge < -0.3 is 10.3 Å². The molecule has 26 heavy (non-hydrogen) atoms. The van der Waals surface area contributed by atoms with Crippen LogP contribution in [0.1, 0.15) is 33.5 Å². The number of fused-ring (bicyclic) bond motifs is 1. The second kappa shape index (κ2) is 5.66. The molecule has 0 bridgehead atoms. The zero-order valence-corrected chi connectivity index (χ0v) is 13.6. The lowest BCUT2D eigenvalue weighted by Crippen LogP contribution is -2.24. The minimum absolute atomic E-state index is 0.00293. The lowest BCUT2D eigenvalue weighted by Gasteiger charge is -2.12. The Morgan fingerprint density at radius 2 is 1.88 bits per heavy atom. The third kappa shape index (κ3) is 2.29. The SMILES string of the molecule is CCc1noc(-c2ccc(-n3c(N)c4c(cc3=O)C(=O)NC4=O)cc2)n1. The number of rotatable bonds is 3. The van der Waals surface area contributed by atoms with Crippen molar-refractivity contribution in [3.63, 3.8) is 0 Å². The van der Waals surface area contributed by atoms with Gasteiger partial charge in [0.15, 0.2) is 5.82 Å². The summed E-state index contributed by atoms with van der Waals surface area (Å²) in [6.45, 7) is 1.92. The number of nitrogen functional groups attached to an aromatic ring is 1. The van der Waals surface area contributed by atoms with Gasteiger partial charge in [-0.3, -0.25) is 24.3 Å². The van der Waals surface area contributed by atoms with Gasteiger partial charge in [-0.05, 0) is 24.3 Å². The maximum absolute atomic E-state index is 12.4. The molecular formula is C17H13N5O4. The van der Waals surface area contributed by atoms with Crippen molar-refractivity contribution >= 4 is 17.6 Å². The van der Waals surface area contributed by atoms with E-state index in [1.54, 1.807) is 24.3 Å². The van der Waals surface area contributed by atoms with Gasteiger partial charge in [0.25, 0.3) is 23.3 Å². The van der Waals surface area contributed by atoms with Gasteiger partial charge in [-0.15, -0.1) is 0 Å². The first kappa shape index (κ1) is 15.8. The van der Waals surface area contributed by atoms with Crippen LogP contribution in [0.25, 0.3) is 17.1 Å². The number of nitrogens with two attached hydrogens (primary N) is 1. The Labute approximate surface area is 146 Å². The fraction of sp³-hybridized carbons (Fsp3) is 0.118. The molecule has 0 fully saturated rings. The number of aryl methyl sites for hydroxylation is 1. The molecule has 0 unspecified atom stereocenters. The second-order valence-corrected chi connectivity index (χ2v) is 5.69. The molecule has 0 radical (unpaired) electrons. The summed E-state index contributed by atoms with van der Waals surface area (Å²) in [4.78, 5) is 40.2. The van der Waals surface area contributed by atoms with E-state index in [0.29, 0.717) is 29.4 Å². The molecule has 0 aliphatic carbocycles. The number of benzene rings is 1.